The molecule has 0 unspecified atom stereocenters. The van der Waals surface area contributed by atoms with Gasteiger partial charge in [0.15, 0.2) is 5.58 Å². The quantitative estimate of drug-likeness (QED) is 0.541. The van der Waals surface area contributed by atoms with Gasteiger partial charge < -0.3 is 10.2 Å². The molecule has 0 saturated carbocycles. The summed E-state index contributed by atoms with van der Waals surface area (Å²) in [6, 6.07) is 5.26. The SMILES string of the molecule is Cc1ncn(Cc2nc3ccc(N)cc3o2)c(=O)c1I. The van der Waals surface area contributed by atoms with Crippen molar-refractivity contribution >= 4 is 39.4 Å². The Morgan fingerprint density at radius 2 is 2.25 bits per heavy atom. The predicted octanol–water partition coefficient (Wildman–Crippen LogP) is 1.93. The number of benzene rings is 1. The van der Waals surface area contributed by atoms with Gasteiger partial charge in [0.1, 0.15) is 12.1 Å². The van der Waals surface area contributed by atoms with Crippen molar-refractivity contribution in [2.45, 2.75) is 13.5 Å². The van der Waals surface area contributed by atoms with Crippen LogP contribution in [0.3, 0.4) is 0 Å². The summed E-state index contributed by atoms with van der Waals surface area (Å²) in [6.45, 7) is 2.05. The highest BCUT2D eigenvalue weighted by molar-refractivity contribution is 14.1. The molecule has 1 aromatic carbocycles. The van der Waals surface area contributed by atoms with Crippen molar-refractivity contribution in [2.24, 2.45) is 0 Å². The Bertz CT molecular complexity index is 853. The van der Waals surface area contributed by atoms with Gasteiger partial charge >= 0.3 is 0 Å². The number of oxazole rings is 1. The van der Waals surface area contributed by atoms with Crippen LogP contribution in [0, 0.1) is 10.5 Å². The minimum absolute atomic E-state index is 0.0973. The summed E-state index contributed by atoms with van der Waals surface area (Å²) in [6.07, 6.45) is 1.50. The molecule has 2 aromatic heterocycles. The smallest absolute Gasteiger partial charge is 0.267 e. The van der Waals surface area contributed by atoms with Crippen molar-refractivity contribution in [2.75, 3.05) is 5.73 Å². The molecular formula is C13H11IN4O2. The Kier molecular flexibility index (Phi) is 3.20. The molecule has 0 bridgehead atoms. The Morgan fingerprint density at radius 1 is 1.45 bits per heavy atom. The summed E-state index contributed by atoms with van der Waals surface area (Å²) in [5.74, 6) is 0.453. The highest BCUT2D eigenvalue weighted by atomic mass is 127. The fraction of sp³-hybridized carbons (Fsp3) is 0.154. The number of nitrogens with zero attached hydrogens (tertiary/aromatic N) is 3. The van der Waals surface area contributed by atoms with E-state index in [4.69, 9.17) is 10.2 Å². The molecule has 2 N–H and O–H groups in total. The van der Waals surface area contributed by atoms with Gasteiger partial charge in [0.2, 0.25) is 5.89 Å². The van der Waals surface area contributed by atoms with Crippen LogP contribution < -0.4 is 11.3 Å². The van der Waals surface area contributed by atoms with E-state index in [9.17, 15) is 4.79 Å². The molecular weight excluding hydrogens is 371 g/mol. The lowest BCUT2D eigenvalue weighted by atomic mass is 10.3. The van der Waals surface area contributed by atoms with Crippen molar-refractivity contribution in [3.8, 4) is 0 Å². The van der Waals surface area contributed by atoms with Crippen LogP contribution in [-0.4, -0.2) is 14.5 Å². The minimum Gasteiger partial charge on any atom is -0.439 e. The highest BCUT2D eigenvalue weighted by Crippen LogP contribution is 2.18. The first-order valence-corrected chi connectivity index (χ1v) is 6.99. The number of aryl methyl sites for hydroxylation is 1. The summed E-state index contributed by atoms with van der Waals surface area (Å²) in [4.78, 5) is 20.6. The molecule has 3 rings (SSSR count). The van der Waals surface area contributed by atoms with E-state index in [-0.39, 0.29) is 12.1 Å². The summed E-state index contributed by atoms with van der Waals surface area (Å²) < 4.78 is 7.67. The Morgan fingerprint density at radius 3 is 3.05 bits per heavy atom. The number of nitrogen functional groups attached to an aromatic ring is 1. The van der Waals surface area contributed by atoms with E-state index in [2.05, 4.69) is 9.97 Å². The molecule has 3 aromatic rings. The number of anilines is 1. The molecule has 0 saturated heterocycles. The van der Waals surface area contributed by atoms with E-state index >= 15 is 0 Å². The lowest BCUT2D eigenvalue weighted by molar-refractivity contribution is 0.500. The molecule has 0 fully saturated rings. The molecule has 20 heavy (non-hydrogen) atoms. The molecule has 0 amide bonds. The van der Waals surface area contributed by atoms with E-state index < -0.39 is 0 Å². The van der Waals surface area contributed by atoms with E-state index in [0.29, 0.717) is 20.7 Å². The van der Waals surface area contributed by atoms with Crippen molar-refractivity contribution in [3.63, 3.8) is 0 Å². The fourth-order valence-electron chi connectivity index (χ4n) is 1.86. The van der Waals surface area contributed by atoms with Gasteiger partial charge in [-0.15, -0.1) is 0 Å². The maximum Gasteiger partial charge on any atom is 0.267 e. The summed E-state index contributed by atoms with van der Waals surface area (Å²) in [5, 5.41) is 0. The van der Waals surface area contributed by atoms with Crippen molar-refractivity contribution in [1.29, 1.82) is 0 Å². The summed E-state index contributed by atoms with van der Waals surface area (Å²) >= 11 is 1.99. The summed E-state index contributed by atoms with van der Waals surface area (Å²) in [5.41, 5.74) is 8.26. The van der Waals surface area contributed by atoms with Gasteiger partial charge in [0, 0.05) is 11.8 Å². The van der Waals surface area contributed by atoms with Crippen LogP contribution in [0.15, 0.2) is 33.7 Å². The monoisotopic (exact) mass is 382 g/mol. The average molecular weight is 382 g/mol. The zero-order chi connectivity index (χ0) is 14.3. The van der Waals surface area contributed by atoms with Crippen molar-refractivity contribution in [1.82, 2.24) is 14.5 Å². The topological polar surface area (TPSA) is 86.9 Å². The van der Waals surface area contributed by atoms with Crippen molar-refractivity contribution in [3.05, 3.63) is 50.0 Å². The van der Waals surface area contributed by atoms with E-state index in [0.717, 1.165) is 11.2 Å². The second-order valence-corrected chi connectivity index (χ2v) is 5.49. The highest BCUT2D eigenvalue weighted by Gasteiger charge is 2.10. The second-order valence-electron chi connectivity index (χ2n) is 4.41. The molecule has 0 atom stereocenters. The molecule has 7 heteroatoms. The maximum atomic E-state index is 12.1. The first kappa shape index (κ1) is 13.1. The molecule has 2 heterocycles. The number of hydrogen-bond donors (Lipinski definition) is 1. The van der Waals surface area contributed by atoms with Gasteiger partial charge in [-0.1, -0.05) is 0 Å². The van der Waals surface area contributed by atoms with Crippen LogP contribution in [0.4, 0.5) is 5.69 Å². The van der Waals surface area contributed by atoms with Gasteiger partial charge in [0.05, 0.1) is 15.6 Å². The van der Waals surface area contributed by atoms with Crippen molar-refractivity contribution < 1.29 is 4.42 Å². The molecule has 0 aliphatic carbocycles. The van der Waals surface area contributed by atoms with Gasteiger partial charge in [-0.3, -0.25) is 9.36 Å². The summed E-state index contributed by atoms with van der Waals surface area (Å²) in [7, 11) is 0. The van der Waals surface area contributed by atoms with E-state index in [1.165, 1.54) is 10.9 Å². The number of aromatic nitrogens is 3. The van der Waals surface area contributed by atoms with E-state index in [1.807, 2.05) is 22.6 Å². The molecule has 0 aliphatic heterocycles. The zero-order valence-electron chi connectivity index (χ0n) is 10.6. The average Bonchev–Trinajstić information content (AvgIpc) is 2.81. The first-order valence-electron chi connectivity index (χ1n) is 5.91. The number of nitrogens with two attached hydrogens (primary N) is 1. The van der Waals surface area contributed by atoms with Gasteiger partial charge in [-0.05, 0) is 41.6 Å². The fourth-order valence-corrected chi connectivity index (χ4v) is 2.31. The zero-order valence-corrected chi connectivity index (χ0v) is 12.8. The van der Waals surface area contributed by atoms with Crippen LogP contribution in [0.25, 0.3) is 11.1 Å². The van der Waals surface area contributed by atoms with E-state index in [1.54, 1.807) is 25.1 Å². The third kappa shape index (κ3) is 2.28. The van der Waals surface area contributed by atoms with Gasteiger partial charge in [0.25, 0.3) is 5.56 Å². The molecule has 6 nitrogen and oxygen atoms in total. The molecule has 102 valence electrons. The lowest BCUT2D eigenvalue weighted by Gasteiger charge is -2.03. The Labute approximate surface area is 127 Å². The Hall–Kier alpha value is -1.90. The number of rotatable bonds is 2. The number of hydrogen-bond acceptors (Lipinski definition) is 5. The third-order valence-corrected chi connectivity index (χ3v) is 4.16. The van der Waals surface area contributed by atoms with Crippen LogP contribution >= 0.6 is 22.6 Å². The first-order chi connectivity index (χ1) is 9.54. The van der Waals surface area contributed by atoms with Crippen LogP contribution in [0.5, 0.6) is 0 Å². The third-order valence-electron chi connectivity index (χ3n) is 2.92. The van der Waals surface area contributed by atoms with Gasteiger partial charge in [-0.2, -0.15) is 0 Å². The number of fused-ring (bicyclic) bond motifs is 1. The Balaban J connectivity index is 2.01. The minimum atomic E-state index is -0.0973. The molecule has 0 aliphatic rings. The van der Waals surface area contributed by atoms with Crippen LogP contribution in [0.1, 0.15) is 11.6 Å². The standard InChI is InChI=1S/C13H11IN4O2/c1-7-12(14)13(19)18(6-16-7)5-11-17-9-3-2-8(15)4-10(9)20-11/h2-4,6H,5,15H2,1H3. The maximum absolute atomic E-state index is 12.1. The lowest BCUT2D eigenvalue weighted by Crippen LogP contribution is -2.24. The normalized spacial score (nSPS) is 11.1. The number of halogens is 1. The predicted molar refractivity (Wildman–Crippen MR) is 83.5 cm³/mol. The molecule has 0 spiro atoms. The van der Waals surface area contributed by atoms with Gasteiger partial charge in [-0.25, -0.2) is 9.97 Å². The molecule has 0 radical (unpaired) electrons. The second kappa shape index (κ2) is 4.89. The van der Waals surface area contributed by atoms with Crippen LogP contribution in [0.2, 0.25) is 0 Å². The van der Waals surface area contributed by atoms with Crippen LogP contribution in [-0.2, 0) is 6.54 Å². The largest absolute Gasteiger partial charge is 0.439 e.